The number of fused-ring (bicyclic) bond motifs is 1. The van der Waals surface area contributed by atoms with Gasteiger partial charge in [-0.05, 0) is 12.8 Å². The fraction of sp³-hybridized carbons (Fsp3) is 0.923. The lowest BCUT2D eigenvalue weighted by atomic mass is 9.46. The number of alkyl halides is 3. The molecule has 0 aromatic carbocycles. The number of nitrogens with two attached hydrogens (primary N) is 1. The SMILES string of the molecule is CC1(C)C2OCCCC2C1(N)C(=O)NCC(O)C(F)(F)F.Cl. The lowest BCUT2D eigenvalue weighted by Gasteiger charge is -2.65. The maximum absolute atomic E-state index is 12.3. The number of carbonyl (C=O) groups excluding carboxylic acids is 1. The molecule has 2 rings (SSSR count). The summed E-state index contributed by atoms with van der Waals surface area (Å²) in [6, 6.07) is 0. The van der Waals surface area contributed by atoms with Crippen LogP contribution in [0.3, 0.4) is 0 Å². The summed E-state index contributed by atoms with van der Waals surface area (Å²) < 4.78 is 42.4. The summed E-state index contributed by atoms with van der Waals surface area (Å²) in [5.74, 6) is -0.869. The van der Waals surface area contributed by atoms with E-state index in [9.17, 15) is 18.0 Å². The standard InChI is InChI=1S/C13H21F3N2O3.ClH/c1-11(2)9-7(4-3-5-21-9)12(11,17)10(20)18-6-8(19)13(14,15)16;/h7-9,19H,3-6,17H2,1-2H3,(H,18,20);1H. The van der Waals surface area contributed by atoms with Crippen molar-refractivity contribution in [3.8, 4) is 0 Å². The number of halogens is 4. The van der Waals surface area contributed by atoms with Crippen LogP contribution < -0.4 is 11.1 Å². The number of rotatable bonds is 3. The highest BCUT2D eigenvalue weighted by molar-refractivity contribution is 5.89. The lowest BCUT2D eigenvalue weighted by molar-refractivity contribution is -0.226. The fourth-order valence-corrected chi connectivity index (χ4v) is 3.49. The molecule has 4 unspecified atom stereocenters. The first-order valence-electron chi connectivity index (χ1n) is 6.96. The Hall–Kier alpha value is -0.570. The largest absolute Gasteiger partial charge is 0.416 e. The van der Waals surface area contributed by atoms with Gasteiger partial charge in [0.25, 0.3) is 0 Å². The third-order valence-electron chi connectivity index (χ3n) is 4.89. The van der Waals surface area contributed by atoms with Crippen molar-refractivity contribution in [1.82, 2.24) is 5.32 Å². The van der Waals surface area contributed by atoms with Crippen molar-refractivity contribution in [2.45, 2.75) is 50.6 Å². The highest BCUT2D eigenvalue weighted by Crippen LogP contribution is 2.57. The lowest BCUT2D eigenvalue weighted by Crippen LogP contribution is -2.82. The van der Waals surface area contributed by atoms with E-state index < -0.39 is 35.7 Å². The van der Waals surface area contributed by atoms with Crippen molar-refractivity contribution in [3.63, 3.8) is 0 Å². The van der Waals surface area contributed by atoms with Crippen LogP contribution in [0.2, 0.25) is 0 Å². The van der Waals surface area contributed by atoms with Crippen molar-refractivity contribution < 1.29 is 27.8 Å². The van der Waals surface area contributed by atoms with Gasteiger partial charge in [-0.15, -0.1) is 12.4 Å². The Morgan fingerprint density at radius 2 is 2.09 bits per heavy atom. The molecule has 130 valence electrons. The van der Waals surface area contributed by atoms with Crippen molar-refractivity contribution in [2.24, 2.45) is 17.1 Å². The second kappa shape index (κ2) is 6.14. The molecule has 1 aliphatic carbocycles. The summed E-state index contributed by atoms with van der Waals surface area (Å²) in [6.07, 6.45) is -6.03. The smallest absolute Gasteiger partial charge is 0.382 e. The predicted octanol–water partition coefficient (Wildman–Crippen LogP) is 0.980. The molecule has 2 fully saturated rings. The molecule has 1 saturated carbocycles. The summed E-state index contributed by atoms with van der Waals surface area (Å²) >= 11 is 0. The van der Waals surface area contributed by atoms with Gasteiger partial charge in [-0.25, -0.2) is 0 Å². The molecular weight excluding hydrogens is 325 g/mol. The number of aliphatic hydroxyl groups is 1. The van der Waals surface area contributed by atoms with E-state index in [0.29, 0.717) is 13.0 Å². The molecule has 0 spiro atoms. The molecule has 4 N–H and O–H groups in total. The number of hydrogen-bond acceptors (Lipinski definition) is 4. The highest BCUT2D eigenvalue weighted by Gasteiger charge is 2.70. The van der Waals surface area contributed by atoms with Gasteiger partial charge in [0.1, 0.15) is 5.54 Å². The monoisotopic (exact) mass is 346 g/mol. The maximum Gasteiger partial charge on any atom is 0.416 e. The fourth-order valence-electron chi connectivity index (χ4n) is 3.49. The Morgan fingerprint density at radius 1 is 1.50 bits per heavy atom. The van der Waals surface area contributed by atoms with Crippen molar-refractivity contribution in [3.05, 3.63) is 0 Å². The van der Waals surface area contributed by atoms with Gasteiger partial charge in [-0.3, -0.25) is 4.79 Å². The van der Waals surface area contributed by atoms with Crippen LogP contribution in [-0.2, 0) is 9.53 Å². The molecule has 0 bridgehead atoms. The minimum Gasteiger partial charge on any atom is -0.382 e. The molecule has 22 heavy (non-hydrogen) atoms. The van der Waals surface area contributed by atoms with Crippen LogP contribution in [0.15, 0.2) is 0 Å². The van der Waals surface area contributed by atoms with Crippen LogP contribution in [0.25, 0.3) is 0 Å². The van der Waals surface area contributed by atoms with E-state index in [2.05, 4.69) is 5.32 Å². The minimum atomic E-state index is -4.76. The minimum absolute atomic E-state index is 0. The normalized spacial score (nSPS) is 34.7. The van der Waals surface area contributed by atoms with Crippen LogP contribution in [0.1, 0.15) is 26.7 Å². The van der Waals surface area contributed by atoms with Crippen LogP contribution in [-0.4, -0.2) is 48.1 Å². The summed E-state index contributed by atoms with van der Waals surface area (Å²) in [5.41, 5.74) is 4.28. The Kier molecular flexibility index (Phi) is 5.44. The number of amides is 1. The zero-order valence-electron chi connectivity index (χ0n) is 12.4. The van der Waals surface area contributed by atoms with Crippen LogP contribution in [0.5, 0.6) is 0 Å². The molecule has 0 aromatic heterocycles. The average Bonchev–Trinajstić information content (AvgIpc) is 2.42. The molecule has 4 atom stereocenters. The first-order valence-corrected chi connectivity index (χ1v) is 6.96. The maximum atomic E-state index is 12.3. The Labute approximate surface area is 133 Å². The van der Waals surface area contributed by atoms with Gasteiger partial charge in [0, 0.05) is 17.9 Å². The number of hydrogen-bond donors (Lipinski definition) is 3. The Balaban J connectivity index is 0.00000242. The third kappa shape index (κ3) is 2.81. The first kappa shape index (κ1) is 19.5. The second-order valence-corrected chi connectivity index (χ2v) is 6.40. The van der Waals surface area contributed by atoms with Crippen LogP contribution >= 0.6 is 12.4 Å². The van der Waals surface area contributed by atoms with Gasteiger partial charge >= 0.3 is 6.18 Å². The van der Waals surface area contributed by atoms with E-state index in [1.54, 1.807) is 13.8 Å². The first-order chi connectivity index (χ1) is 9.53. The molecule has 1 amide bonds. The third-order valence-corrected chi connectivity index (χ3v) is 4.89. The molecule has 0 radical (unpaired) electrons. The molecule has 1 aliphatic heterocycles. The quantitative estimate of drug-likeness (QED) is 0.711. The molecule has 5 nitrogen and oxygen atoms in total. The Bertz CT molecular complexity index is 433. The van der Waals surface area contributed by atoms with Gasteiger partial charge in [-0.1, -0.05) is 13.8 Å². The topological polar surface area (TPSA) is 84.6 Å². The zero-order valence-corrected chi connectivity index (χ0v) is 13.3. The number of nitrogens with one attached hydrogen (secondary N) is 1. The van der Waals surface area contributed by atoms with E-state index in [1.807, 2.05) is 0 Å². The molecule has 9 heteroatoms. The summed E-state index contributed by atoms with van der Waals surface area (Å²) in [5, 5.41) is 11.1. The number of aliphatic hydroxyl groups excluding tert-OH is 1. The summed E-state index contributed by atoms with van der Waals surface area (Å²) in [7, 11) is 0. The molecule has 0 aromatic rings. The molecule has 1 saturated heterocycles. The van der Waals surface area contributed by atoms with Crippen molar-refractivity contribution >= 4 is 18.3 Å². The van der Waals surface area contributed by atoms with Gasteiger partial charge in [0.2, 0.25) is 5.91 Å². The Morgan fingerprint density at radius 3 is 2.64 bits per heavy atom. The number of ether oxygens (including phenoxy) is 1. The predicted molar refractivity (Wildman–Crippen MR) is 75.5 cm³/mol. The highest BCUT2D eigenvalue weighted by atomic mass is 35.5. The van der Waals surface area contributed by atoms with Gasteiger partial charge in [0.05, 0.1) is 12.6 Å². The van der Waals surface area contributed by atoms with E-state index in [1.165, 1.54) is 0 Å². The average molecular weight is 347 g/mol. The van der Waals surface area contributed by atoms with Crippen LogP contribution in [0, 0.1) is 11.3 Å². The molecule has 1 heterocycles. The number of carbonyl (C=O) groups is 1. The van der Waals surface area contributed by atoms with E-state index in [0.717, 1.165) is 6.42 Å². The van der Waals surface area contributed by atoms with E-state index >= 15 is 0 Å². The summed E-state index contributed by atoms with van der Waals surface area (Å²) in [6.45, 7) is 3.27. The molecular formula is C13H22ClF3N2O3. The van der Waals surface area contributed by atoms with E-state index in [4.69, 9.17) is 15.6 Å². The van der Waals surface area contributed by atoms with Crippen LogP contribution in [0.4, 0.5) is 13.2 Å². The van der Waals surface area contributed by atoms with Crippen molar-refractivity contribution in [1.29, 1.82) is 0 Å². The van der Waals surface area contributed by atoms with Gasteiger partial charge in [-0.2, -0.15) is 13.2 Å². The van der Waals surface area contributed by atoms with Gasteiger partial charge in [0.15, 0.2) is 6.10 Å². The van der Waals surface area contributed by atoms with E-state index in [-0.39, 0.29) is 24.4 Å². The second-order valence-electron chi connectivity index (χ2n) is 6.40. The molecule has 2 aliphatic rings. The zero-order chi connectivity index (χ0) is 16.1. The van der Waals surface area contributed by atoms with Gasteiger partial charge < -0.3 is 20.9 Å². The summed E-state index contributed by atoms with van der Waals surface area (Å²) in [4.78, 5) is 12.3. The van der Waals surface area contributed by atoms with Crippen molar-refractivity contribution in [2.75, 3.05) is 13.2 Å².